The quantitative estimate of drug-likeness (QED) is 0.317. The molecule has 3 amide bonds. The average Bonchev–Trinajstić information content (AvgIpc) is 3.34. The molecule has 1 aromatic heterocycles. The predicted octanol–water partition coefficient (Wildman–Crippen LogP) is 5.19. The van der Waals surface area contributed by atoms with E-state index in [4.69, 9.17) is 15.5 Å². The predicted molar refractivity (Wildman–Crippen MR) is 130 cm³/mol. The Morgan fingerprint density at radius 1 is 0.970 bits per heavy atom. The second-order valence-corrected chi connectivity index (χ2v) is 8.23. The van der Waals surface area contributed by atoms with E-state index in [1.165, 1.54) is 11.3 Å². The zero-order valence-electron chi connectivity index (χ0n) is 18.2. The van der Waals surface area contributed by atoms with Gasteiger partial charge in [-0.2, -0.15) is 10.4 Å². The number of hydrogen-bond acceptors (Lipinski definition) is 5. The summed E-state index contributed by atoms with van der Waals surface area (Å²) < 4.78 is 4.48. The molecule has 0 bridgehead atoms. The summed E-state index contributed by atoms with van der Waals surface area (Å²) in [6.07, 6.45) is 0. The largest absolute Gasteiger partial charge is 0.497 e. The van der Waals surface area contributed by atoms with E-state index in [2.05, 4.69) is 5.43 Å². The summed E-state index contributed by atoms with van der Waals surface area (Å²) in [5.41, 5.74) is 12.2. The SMILES string of the molecule is COc1ccc(-c2csc([N+](NC(=O)c3ccc(C)cc3)(C(N)=O)c3ccccc3)n2)cc1. The Morgan fingerprint density at radius 3 is 2.24 bits per heavy atom. The second-order valence-electron chi connectivity index (χ2n) is 7.40. The molecule has 0 saturated carbocycles. The van der Waals surface area contributed by atoms with Gasteiger partial charge >= 0.3 is 11.2 Å². The number of primary amides is 1. The van der Waals surface area contributed by atoms with Crippen LogP contribution in [-0.2, 0) is 0 Å². The van der Waals surface area contributed by atoms with Crippen molar-refractivity contribution in [2.45, 2.75) is 6.92 Å². The minimum absolute atomic E-state index is 0.319. The van der Waals surface area contributed by atoms with Crippen molar-refractivity contribution in [3.8, 4) is 17.0 Å². The van der Waals surface area contributed by atoms with Crippen LogP contribution in [0.5, 0.6) is 5.75 Å². The fourth-order valence-corrected chi connectivity index (χ4v) is 4.34. The van der Waals surface area contributed by atoms with Crippen molar-refractivity contribution in [2.24, 2.45) is 5.73 Å². The van der Waals surface area contributed by atoms with E-state index >= 15 is 0 Å². The summed E-state index contributed by atoms with van der Waals surface area (Å²) in [6, 6.07) is 22.6. The van der Waals surface area contributed by atoms with E-state index < -0.39 is 16.5 Å². The molecule has 0 fully saturated rings. The minimum atomic E-state index is -0.780. The van der Waals surface area contributed by atoms with Gasteiger partial charge < -0.3 is 10.5 Å². The zero-order chi connectivity index (χ0) is 23.4. The van der Waals surface area contributed by atoms with E-state index in [1.807, 2.05) is 54.8 Å². The molecule has 3 aromatic carbocycles. The summed E-state index contributed by atoms with van der Waals surface area (Å²) in [5.74, 6) is 0.282. The van der Waals surface area contributed by atoms with Gasteiger partial charge in [-0.05, 0) is 47.9 Å². The first kappa shape index (κ1) is 22.2. The number of ether oxygens (including phenoxy) is 1. The first-order valence-corrected chi connectivity index (χ1v) is 11.1. The van der Waals surface area contributed by atoms with Crippen molar-refractivity contribution >= 4 is 34.1 Å². The lowest BCUT2D eigenvalue weighted by Crippen LogP contribution is -2.63. The highest BCUT2D eigenvalue weighted by molar-refractivity contribution is 7.14. The van der Waals surface area contributed by atoms with Gasteiger partial charge in [0, 0.05) is 28.6 Å². The smallest absolute Gasteiger partial charge is 0.451 e. The van der Waals surface area contributed by atoms with Gasteiger partial charge in [-0.25, -0.2) is 4.79 Å². The van der Waals surface area contributed by atoms with E-state index in [0.29, 0.717) is 22.1 Å². The van der Waals surface area contributed by atoms with Crippen molar-refractivity contribution in [3.63, 3.8) is 0 Å². The third-order valence-corrected chi connectivity index (χ3v) is 6.14. The Hall–Kier alpha value is -4.01. The number of para-hydroxylation sites is 1. The van der Waals surface area contributed by atoms with Crippen molar-refractivity contribution in [1.82, 2.24) is 15.0 Å². The fraction of sp³-hybridized carbons (Fsp3) is 0.0800. The average molecular weight is 460 g/mol. The van der Waals surface area contributed by atoms with Crippen LogP contribution in [0.15, 0.2) is 84.2 Å². The number of aryl methyl sites for hydroxylation is 1. The molecule has 0 aliphatic carbocycles. The van der Waals surface area contributed by atoms with Crippen molar-refractivity contribution < 1.29 is 14.3 Å². The number of carbonyl (C=O) groups is 2. The number of nitrogens with zero attached hydrogens (tertiary/aromatic N) is 2. The summed E-state index contributed by atoms with van der Waals surface area (Å²) in [7, 11) is 1.60. The van der Waals surface area contributed by atoms with Gasteiger partial charge in [0.1, 0.15) is 5.75 Å². The number of methoxy groups -OCH3 is 1. The molecule has 1 atom stereocenters. The number of urea groups is 1. The number of nitrogens with one attached hydrogen (secondary N) is 1. The molecule has 0 radical (unpaired) electrons. The maximum Gasteiger partial charge on any atom is 0.451 e. The van der Waals surface area contributed by atoms with Crippen molar-refractivity contribution in [1.29, 1.82) is 0 Å². The number of nitrogens with two attached hydrogens (primary N) is 1. The first-order valence-electron chi connectivity index (χ1n) is 10.2. The van der Waals surface area contributed by atoms with Crippen LogP contribution in [0.2, 0.25) is 0 Å². The summed E-state index contributed by atoms with van der Waals surface area (Å²) >= 11 is 1.24. The summed E-state index contributed by atoms with van der Waals surface area (Å²) in [5, 5.41) is 2.15. The molecule has 4 aromatic rings. The standard InChI is InChI=1S/C25H22N4O3S/c1-17-8-10-19(11-9-17)23(30)28-29(24(26)31,20-6-4-3-5-7-20)25-27-22(16-33-25)18-12-14-21(32-2)15-13-18/h3-16H,1-2H3,(H2-,26,28,30,31)/p+1. The van der Waals surface area contributed by atoms with Gasteiger partial charge in [-0.15, -0.1) is 0 Å². The Balaban J connectivity index is 1.80. The lowest BCUT2D eigenvalue weighted by molar-refractivity contribution is 0.0881. The minimum Gasteiger partial charge on any atom is -0.497 e. The molecule has 166 valence electrons. The number of benzene rings is 3. The van der Waals surface area contributed by atoms with Crippen molar-refractivity contribution in [3.05, 3.63) is 95.4 Å². The van der Waals surface area contributed by atoms with E-state index in [1.54, 1.807) is 43.5 Å². The Kier molecular flexibility index (Phi) is 6.21. The highest BCUT2D eigenvalue weighted by atomic mass is 32.1. The molecular weight excluding hydrogens is 436 g/mol. The van der Waals surface area contributed by atoms with Crippen LogP contribution in [0.25, 0.3) is 11.3 Å². The fourth-order valence-electron chi connectivity index (χ4n) is 3.39. The van der Waals surface area contributed by atoms with Gasteiger partial charge in [0.15, 0.2) is 5.69 Å². The van der Waals surface area contributed by atoms with Gasteiger partial charge in [0.2, 0.25) is 0 Å². The van der Waals surface area contributed by atoms with Gasteiger partial charge in [0.25, 0.3) is 5.91 Å². The topological polar surface area (TPSA) is 94.3 Å². The van der Waals surface area contributed by atoms with Gasteiger partial charge in [0.05, 0.1) is 12.8 Å². The molecule has 1 heterocycles. The van der Waals surface area contributed by atoms with Crippen LogP contribution < -0.4 is 20.5 Å². The van der Waals surface area contributed by atoms with Crippen molar-refractivity contribution in [2.75, 3.05) is 7.11 Å². The number of quaternary nitrogens is 1. The molecule has 3 N–H and O–H groups in total. The molecule has 0 aliphatic rings. The number of thiazole rings is 1. The van der Waals surface area contributed by atoms with Gasteiger partial charge in [-0.3, -0.25) is 4.79 Å². The molecule has 8 heteroatoms. The summed E-state index contributed by atoms with van der Waals surface area (Å²) in [6.45, 7) is 1.94. The number of aromatic nitrogens is 1. The lowest BCUT2D eigenvalue weighted by atomic mass is 10.1. The highest BCUT2D eigenvalue weighted by Crippen LogP contribution is 2.37. The van der Waals surface area contributed by atoms with Crippen LogP contribution in [-0.4, -0.2) is 24.0 Å². The molecule has 0 saturated heterocycles. The van der Waals surface area contributed by atoms with E-state index in [0.717, 1.165) is 16.9 Å². The van der Waals surface area contributed by atoms with Crippen LogP contribution in [0.4, 0.5) is 15.6 Å². The molecule has 0 spiro atoms. The molecule has 1 unspecified atom stereocenters. The van der Waals surface area contributed by atoms with E-state index in [9.17, 15) is 9.59 Å². The Labute approximate surface area is 195 Å². The Bertz CT molecular complexity index is 1270. The van der Waals surface area contributed by atoms with Gasteiger partial charge in [-0.1, -0.05) is 47.2 Å². The normalized spacial score (nSPS) is 12.5. The highest BCUT2D eigenvalue weighted by Gasteiger charge is 2.46. The lowest BCUT2D eigenvalue weighted by Gasteiger charge is -2.29. The molecular formula is C25H23N4O3S+. The molecule has 7 nitrogen and oxygen atoms in total. The number of carbonyl (C=O) groups excluding carboxylic acids is 2. The molecule has 33 heavy (non-hydrogen) atoms. The summed E-state index contributed by atoms with van der Waals surface area (Å²) in [4.78, 5) is 30.9. The molecule has 4 rings (SSSR count). The third-order valence-electron chi connectivity index (χ3n) is 5.22. The zero-order valence-corrected chi connectivity index (χ0v) is 19.0. The molecule has 0 aliphatic heterocycles. The monoisotopic (exact) mass is 459 g/mol. The van der Waals surface area contributed by atoms with Crippen LogP contribution in [0.1, 0.15) is 15.9 Å². The third kappa shape index (κ3) is 4.34. The van der Waals surface area contributed by atoms with Crippen LogP contribution in [0.3, 0.4) is 0 Å². The first-order chi connectivity index (χ1) is 15.9. The number of hydrogen-bond donors (Lipinski definition) is 2. The number of rotatable bonds is 5. The van der Waals surface area contributed by atoms with E-state index in [-0.39, 0.29) is 0 Å². The van der Waals surface area contributed by atoms with Crippen LogP contribution in [0, 0.1) is 6.92 Å². The Morgan fingerprint density at radius 2 is 1.64 bits per heavy atom. The van der Waals surface area contributed by atoms with Crippen LogP contribution >= 0.6 is 11.3 Å². The second kappa shape index (κ2) is 9.23. The maximum absolute atomic E-state index is 13.2. The number of amides is 3. The maximum atomic E-state index is 13.2.